The molecule has 7 rings (SSSR count). The second kappa shape index (κ2) is 54.4. The molecule has 0 spiro atoms. The van der Waals surface area contributed by atoms with E-state index in [0.29, 0.717) is 70.6 Å². The van der Waals surface area contributed by atoms with E-state index in [-0.39, 0.29) is 130 Å². The molecule has 7 aromatic carbocycles. The third-order valence-corrected chi connectivity index (χ3v) is 12.5. The molecule has 0 atom stereocenters. The molecular formula is C80H104O21. The summed E-state index contributed by atoms with van der Waals surface area (Å²) < 4.78 is 60.4. The standard InChI is InChI=1S/C27H24O7.C25H28O7.C19H16O7.9CH4/c1-3-25(28)33-18-32-23-13-4-19(5-14-23)6-17-26(29)34-24-15-11-21(12-16-24)20-7-9-22(10-8-20)27(30)31-2;1-3-5-6-17-29-25(28)20-10-14-22(15-11-20)32-24(27)16-9-19-7-12-21(13-8-19)30-18-31-23(26)4-2;1-3-17(20)25-12-24-15-8-10-16(11-9-15)26-19(22)14-6-4-13(5-7-14)18(21)23-2;;;;;;;;;/h3-5,7-16H,1,6,17-18H2,2H3;4,7-8,10-15H,2-3,5-6,9,16-18H2,1H3;3-11H,1,12H2,2H3;9*1H4. The van der Waals surface area contributed by atoms with Crippen LogP contribution in [-0.4, -0.2) is 94.9 Å². The van der Waals surface area contributed by atoms with E-state index in [2.05, 4.69) is 36.1 Å². The molecule has 0 unspecified atom stereocenters. The lowest BCUT2D eigenvalue weighted by atomic mass is 10.0. The lowest BCUT2D eigenvalue weighted by molar-refractivity contribution is -0.145. The lowest BCUT2D eigenvalue weighted by Crippen LogP contribution is -2.10. The Labute approximate surface area is 597 Å². The fourth-order valence-electron chi connectivity index (χ4n) is 7.53. The zero-order valence-electron chi connectivity index (χ0n) is 50.9. The number of esters is 9. The molecule has 0 radical (unpaired) electrons. The first kappa shape index (κ1) is 98.1. The van der Waals surface area contributed by atoms with E-state index in [9.17, 15) is 43.2 Å². The highest BCUT2D eigenvalue weighted by Gasteiger charge is 2.14. The molecule has 0 saturated heterocycles. The minimum absolute atomic E-state index is 0. The van der Waals surface area contributed by atoms with Crippen LogP contribution in [0.2, 0.25) is 0 Å². The topological polar surface area (TPSA) is 264 Å². The summed E-state index contributed by atoms with van der Waals surface area (Å²) >= 11 is 0. The molecule has 0 saturated carbocycles. The molecule has 0 aliphatic rings. The Morgan fingerprint density at radius 2 is 0.604 bits per heavy atom. The van der Waals surface area contributed by atoms with Gasteiger partial charge in [0.1, 0.15) is 34.5 Å². The molecule has 21 nitrogen and oxygen atoms in total. The zero-order chi connectivity index (χ0) is 66.5. The van der Waals surface area contributed by atoms with Gasteiger partial charge >= 0.3 is 53.7 Å². The van der Waals surface area contributed by atoms with Crippen molar-refractivity contribution in [3.8, 4) is 45.6 Å². The molecular weight excluding hydrogens is 1300 g/mol. The van der Waals surface area contributed by atoms with Crippen LogP contribution in [0.15, 0.2) is 208 Å². The molecule has 0 aliphatic carbocycles. The maximum absolute atomic E-state index is 12.2. The minimum Gasteiger partial charge on any atom is -0.465 e. The second-order valence-corrected chi connectivity index (χ2v) is 18.9. The Bertz CT molecular complexity index is 3560. The van der Waals surface area contributed by atoms with Gasteiger partial charge in [-0.3, -0.25) is 9.59 Å². The summed E-state index contributed by atoms with van der Waals surface area (Å²) in [6.45, 7) is 11.7. The van der Waals surface area contributed by atoms with Gasteiger partial charge in [-0.05, 0) is 163 Å². The second-order valence-electron chi connectivity index (χ2n) is 18.9. The van der Waals surface area contributed by atoms with E-state index in [4.69, 9.17) is 47.4 Å². The number of hydrogen-bond acceptors (Lipinski definition) is 21. The van der Waals surface area contributed by atoms with E-state index in [1.54, 1.807) is 84.9 Å². The molecule has 0 heterocycles. The van der Waals surface area contributed by atoms with Gasteiger partial charge in [0.2, 0.25) is 20.4 Å². The normalized spacial score (nSPS) is 9.14. The summed E-state index contributed by atoms with van der Waals surface area (Å²) in [6, 6.07) is 46.8. The average Bonchev–Trinajstić information content (AvgIpc) is 0.861. The molecule has 0 amide bonds. The van der Waals surface area contributed by atoms with E-state index in [1.807, 2.05) is 48.5 Å². The molecule has 0 fully saturated rings. The summed E-state index contributed by atoms with van der Waals surface area (Å²) in [5.41, 5.74) is 5.25. The monoisotopic (exact) mass is 1400 g/mol. The van der Waals surface area contributed by atoms with Gasteiger partial charge in [0.25, 0.3) is 0 Å². The summed E-state index contributed by atoms with van der Waals surface area (Å²) in [7, 11) is 2.62. The van der Waals surface area contributed by atoms with Crippen LogP contribution >= 0.6 is 0 Å². The molecule has 21 heteroatoms. The molecule has 0 aromatic heterocycles. The third kappa shape index (κ3) is 36.5. The number of hydrogen-bond donors (Lipinski definition) is 0. The molecule has 7 aromatic rings. The Morgan fingerprint density at radius 3 is 0.950 bits per heavy atom. The highest BCUT2D eigenvalue weighted by Crippen LogP contribution is 2.25. The van der Waals surface area contributed by atoms with Crippen molar-refractivity contribution in [2.45, 2.75) is 119 Å². The van der Waals surface area contributed by atoms with Crippen LogP contribution in [0.4, 0.5) is 0 Å². The third-order valence-electron chi connectivity index (χ3n) is 12.5. The smallest absolute Gasteiger partial charge is 0.343 e. The Balaban J connectivity index is -0.000000440. The van der Waals surface area contributed by atoms with Gasteiger partial charge in [0.05, 0.1) is 43.1 Å². The number of ether oxygens (including phenoxy) is 12. The summed E-state index contributed by atoms with van der Waals surface area (Å²) in [5.74, 6) is -1.60. The highest BCUT2D eigenvalue weighted by atomic mass is 16.7. The van der Waals surface area contributed by atoms with Gasteiger partial charge in [-0.15, -0.1) is 0 Å². The first-order valence-corrected chi connectivity index (χ1v) is 28.4. The Hall–Kier alpha value is -11.6. The van der Waals surface area contributed by atoms with Gasteiger partial charge in [-0.2, -0.15) is 0 Å². The van der Waals surface area contributed by atoms with Crippen LogP contribution in [0.1, 0.15) is 158 Å². The van der Waals surface area contributed by atoms with Crippen molar-refractivity contribution in [3.05, 3.63) is 241 Å². The summed E-state index contributed by atoms with van der Waals surface area (Å²) in [6.07, 6.45) is 7.49. The summed E-state index contributed by atoms with van der Waals surface area (Å²) in [4.78, 5) is 104. The van der Waals surface area contributed by atoms with E-state index >= 15 is 0 Å². The van der Waals surface area contributed by atoms with Gasteiger partial charge in [0.15, 0.2) is 0 Å². The first-order chi connectivity index (χ1) is 44.5. The Morgan fingerprint density at radius 1 is 0.327 bits per heavy atom. The van der Waals surface area contributed by atoms with Gasteiger partial charge < -0.3 is 56.8 Å². The molecule has 550 valence electrons. The number of unbranched alkanes of at least 4 members (excludes halogenated alkanes) is 2. The number of aryl methyl sites for hydroxylation is 2. The number of benzene rings is 7. The predicted octanol–water partition coefficient (Wildman–Crippen LogP) is 17.9. The zero-order valence-corrected chi connectivity index (χ0v) is 50.9. The highest BCUT2D eigenvalue weighted by molar-refractivity contribution is 5.94. The van der Waals surface area contributed by atoms with E-state index in [1.165, 1.54) is 50.6 Å². The molecule has 0 aliphatic heterocycles. The predicted molar refractivity (Wildman–Crippen MR) is 395 cm³/mol. The van der Waals surface area contributed by atoms with Crippen LogP contribution in [0.5, 0.6) is 34.5 Å². The van der Waals surface area contributed by atoms with Crippen molar-refractivity contribution < 1.29 is 100.0 Å². The molecule has 101 heavy (non-hydrogen) atoms. The van der Waals surface area contributed by atoms with Crippen molar-refractivity contribution in [2.75, 3.05) is 41.2 Å². The van der Waals surface area contributed by atoms with Crippen molar-refractivity contribution in [2.24, 2.45) is 0 Å². The largest absolute Gasteiger partial charge is 0.465 e. The van der Waals surface area contributed by atoms with Gasteiger partial charge in [-0.1, -0.05) is 155 Å². The first-order valence-electron chi connectivity index (χ1n) is 28.4. The molecule has 0 N–H and O–H groups in total. The Kier molecular flexibility index (Phi) is 52.8. The maximum Gasteiger partial charge on any atom is 0.343 e. The lowest BCUT2D eigenvalue weighted by Gasteiger charge is -2.08. The van der Waals surface area contributed by atoms with Crippen LogP contribution in [-0.2, 0) is 65.2 Å². The number of methoxy groups -OCH3 is 2. The quantitative estimate of drug-likeness (QED) is 0.0101. The van der Waals surface area contributed by atoms with Crippen molar-refractivity contribution in [3.63, 3.8) is 0 Å². The minimum atomic E-state index is -0.589. The van der Waals surface area contributed by atoms with Crippen LogP contribution < -0.4 is 28.4 Å². The maximum atomic E-state index is 12.2. The van der Waals surface area contributed by atoms with Gasteiger partial charge in [0, 0.05) is 31.1 Å². The van der Waals surface area contributed by atoms with Crippen LogP contribution in [0.25, 0.3) is 11.1 Å². The van der Waals surface area contributed by atoms with Gasteiger partial charge in [-0.25, -0.2) is 33.6 Å². The van der Waals surface area contributed by atoms with Crippen LogP contribution in [0, 0.1) is 0 Å². The number of carbonyl (C=O) groups excluding carboxylic acids is 9. The number of carbonyl (C=O) groups is 9. The van der Waals surface area contributed by atoms with Crippen molar-refractivity contribution in [1.82, 2.24) is 0 Å². The number of rotatable bonds is 30. The van der Waals surface area contributed by atoms with Crippen LogP contribution in [0.3, 0.4) is 0 Å². The SMILES string of the molecule is C.C.C.C.C.C.C.C.C.C=CC(=O)OCOc1ccc(CCC(=O)Oc2ccc(-c3ccc(C(=O)OC)cc3)cc2)cc1.C=CC(=O)OCOc1ccc(CCC(=O)Oc2ccc(C(=O)OCCCCC)cc2)cc1.C=CC(=O)OCOc1ccc(OC(=O)c2ccc(C(=O)OC)cc2)cc1. The van der Waals surface area contributed by atoms with Crippen molar-refractivity contribution in [1.29, 1.82) is 0 Å². The molecule has 0 bridgehead atoms. The van der Waals surface area contributed by atoms with E-state index in [0.717, 1.165) is 59.7 Å². The van der Waals surface area contributed by atoms with E-state index < -0.39 is 29.8 Å². The van der Waals surface area contributed by atoms with Crippen molar-refractivity contribution >= 4 is 53.7 Å². The fraction of sp³-hybridized carbons (Fsp3) is 0.287. The average molecular weight is 1400 g/mol. The summed E-state index contributed by atoms with van der Waals surface area (Å²) in [5, 5.41) is 0. The fourth-order valence-corrected chi connectivity index (χ4v) is 7.53.